The summed E-state index contributed by atoms with van der Waals surface area (Å²) < 4.78 is 15.1. The molecule has 0 aliphatic heterocycles. The molecule has 0 unspecified atom stereocenters. The SMILES string of the molecule is Cc1cn(C)cc1C(=S)Nc1ccccc1-c1ccc(F)cc1. The van der Waals surface area contributed by atoms with Gasteiger partial charge in [0.15, 0.2) is 0 Å². The number of para-hydroxylation sites is 1. The van der Waals surface area contributed by atoms with Gasteiger partial charge < -0.3 is 9.88 Å². The maximum atomic E-state index is 13.1. The number of aryl methyl sites for hydroxylation is 2. The summed E-state index contributed by atoms with van der Waals surface area (Å²) in [6, 6.07) is 14.4. The summed E-state index contributed by atoms with van der Waals surface area (Å²) in [5, 5.41) is 3.32. The molecule has 0 aliphatic carbocycles. The van der Waals surface area contributed by atoms with Crippen LogP contribution >= 0.6 is 12.2 Å². The Labute approximate surface area is 140 Å². The van der Waals surface area contributed by atoms with Crippen molar-refractivity contribution in [2.75, 3.05) is 5.32 Å². The van der Waals surface area contributed by atoms with Gasteiger partial charge in [-0.25, -0.2) is 4.39 Å². The van der Waals surface area contributed by atoms with Gasteiger partial charge in [-0.15, -0.1) is 0 Å². The summed E-state index contributed by atoms with van der Waals surface area (Å²) >= 11 is 5.55. The first-order valence-corrected chi connectivity index (χ1v) is 7.74. The number of halogens is 1. The predicted octanol–water partition coefficient (Wildman–Crippen LogP) is 4.93. The lowest BCUT2D eigenvalue weighted by atomic mass is 10.0. The van der Waals surface area contributed by atoms with Crippen LogP contribution in [0.25, 0.3) is 11.1 Å². The molecular formula is C19H17FN2S. The maximum absolute atomic E-state index is 13.1. The van der Waals surface area contributed by atoms with E-state index in [1.807, 2.05) is 55.2 Å². The van der Waals surface area contributed by atoms with Crippen molar-refractivity contribution >= 4 is 22.9 Å². The van der Waals surface area contributed by atoms with E-state index in [9.17, 15) is 4.39 Å². The van der Waals surface area contributed by atoms with E-state index in [1.165, 1.54) is 12.1 Å². The Kier molecular flexibility index (Phi) is 4.26. The Bertz CT molecular complexity index is 850. The average Bonchev–Trinajstić information content (AvgIpc) is 2.87. The third kappa shape index (κ3) is 3.32. The van der Waals surface area contributed by atoms with Gasteiger partial charge in [0.2, 0.25) is 0 Å². The van der Waals surface area contributed by atoms with Crippen LogP contribution in [0.4, 0.5) is 10.1 Å². The molecule has 0 fully saturated rings. The first-order chi connectivity index (χ1) is 11.0. The van der Waals surface area contributed by atoms with E-state index in [0.29, 0.717) is 4.99 Å². The minimum absolute atomic E-state index is 0.241. The molecule has 1 aromatic heterocycles. The van der Waals surface area contributed by atoms with Crippen LogP contribution in [-0.2, 0) is 7.05 Å². The van der Waals surface area contributed by atoms with Crippen molar-refractivity contribution in [3.8, 4) is 11.1 Å². The summed E-state index contributed by atoms with van der Waals surface area (Å²) in [6.07, 6.45) is 4.04. The Morgan fingerprint density at radius 2 is 1.74 bits per heavy atom. The van der Waals surface area contributed by atoms with Gasteiger partial charge in [0, 0.05) is 36.3 Å². The van der Waals surface area contributed by atoms with Crippen LogP contribution in [0.3, 0.4) is 0 Å². The lowest BCUT2D eigenvalue weighted by molar-refractivity contribution is 0.628. The molecule has 0 atom stereocenters. The fourth-order valence-electron chi connectivity index (χ4n) is 2.62. The van der Waals surface area contributed by atoms with E-state index in [-0.39, 0.29) is 5.82 Å². The highest BCUT2D eigenvalue weighted by molar-refractivity contribution is 7.81. The number of thiocarbonyl (C=S) groups is 1. The number of hydrogen-bond donors (Lipinski definition) is 1. The molecule has 1 heterocycles. The number of hydrogen-bond acceptors (Lipinski definition) is 1. The van der Waals surface area contributed by atoms with Gasteiger partial charge in [-0.3, -0.25) is 0 Å². The molecule has 1 N–H and O–H groups in total. The monoisotopic (exact) mass is 324 g/mol. The van der Waals surface area contributed by atoms with Crippen molar-refractivity contribution in [3.63, 3.8) is 0 Å². The largest absolute Gasteiger partial charge is 0.356 e. The van der Waals surface area contributed by atoms with Crippen LogP contribution in [0.15, 0.2) is 60.9 Å². The minimum atomic E-state index is -0.241. The second-order valence-corrected chi connectivity index (χ2v) is 5.94. The lowest BCUT2D eigenvalue weighted by Gasteiger charge is -2.13. The van der Waals surface area contributed by atoms with Gasteiger partial charge in [0.1, 0.15) is 10.8 Å². The Morgan fingerprint density at radius 3 is 2.39 bits per heavy atom. The number of rotatable bonds is 3. The third-order valence-electron chi connectivity index (χ3n) is 3.73. The van der Waals surface area contributed by atoms with Crippen LogP contribution < -0.4 is 5.32 Å². The van der Waals surface area contributed by atoms with Crippen molar-refractivity contribution in [3.05, 3.63) is 77.9 Å². The van der Waals surface area contributed by atoms with E-state index < -0.39 is 0 Å². The highest BCUT2D eigenvalue weighted by Crippen LogP contribution is 2.28. The Morgan fingerprint density at radius 1 is 1.04 bits per heavy atom. The molecule has 0 saturated heterocycles. The molecule has 3 aromatic rings. The van der Waals surface area contributed by atoms with Crippen LogP contribution in [0.1, 0.15) is 11.1 Å². The van der Waals surface area contributed by atoms with Crippen LogP contribution in [-0.4, -0.2) is 9.56 Å². The zero-order chi connectivity index (χ0) is 16.4. The Balaban J connectivity index is 1.93. The van der Waals surface area contributed by atoms with Crippen LogP contribution in [0.5, 0.6) is 0 Å². The molecule has 0 amide bonds. The maximum Gasteiger partial charge on any atom is 0.123 e. The molecule has 0 bridgehead atoms. The normalized spacial score (nSPS) is 10.6. The Hall–Kier alpha value is -2.46. The molecule has 3 rings (SSSR count). The van der Waals surface area contributed by atoms with Crippen molar-refractivity contribution < 1.29 is 4.39 Å². The topological polar surface area (TPSA) is 17.0 Å². The van der Waals surface area contributed by atoms with Crippen molar-refractivity contribution in [2.45, 2.75) is 6.92 Å². The first-order valence-electron chi connectivity index (χ1n) is 7.33. The fourth-order valence-corrected chi connectivity index (χ4v) is 2.94. The highest BCUT2D eigenvalue weighted by atomic mass is 32.1. The number of anilines is 1. The molecule has 0 radical (unpaired) electrons. The summed E-state index contributed by atoms with van der Waals surface area (Å²) in [6.45, 7) is 2.04. The van der Waals surface area contributed by atoms with Crippen molar-refractivity contribution in [1.82, 2.24) is 4.57 Å². The van der Waals surface area contributed by atoms with E-state index in [1.54, 1.807) is 12.1 Å². The second kappa shape index (κ2) is 6.34. The van der Waals surface area contributed by atoms with Gasteiger partial charge >= 0.3 is 0 Å². The average molecular weight is 324 g/mol. The molecule has 23 heavy (non-hydrogen) atoms. The van der Waals surface area contributed by atoms with Crippen LogP contribution in [0, 0.1) is 12.7 Å². The summed E-state index contributed by atoms with van der Waals surface area (Å²) in [7, 11) is 1.98. The summed E-state index contributed by atoms with van der Waals surface area (Å²) in [5.41, 5.74) is 4.98. The standard InChI is InChI=1S/C19H17FN2S/c1-13-11-22(2)12-17(13)19(23)21-18-6-4-3-5-16(18)14-7-9-15(20)10-8-14/h3-12H,1-2H3,(H,21,23). The number of nitrogens with zero attached hydrogens (tertiary/aromatic N) is 1. The van der Waals surface area contributed by atoms with Crippen molar-refractivity contribution in [2.24, 2.45) is 7.05 Å². The molecule has 2 nitrogen and oxygen atoms in total. The lowest BCUT2D eigenvalue weighted by Crippen LogP contribution is -2.11. The molecule has 0 saturated carbocycles. The number of aromatic nitrogens is 1. The summed E-state index contributed by atoms with van der Waals surface area (Å²) in [4.78, 5) is 0.678. The second-order valence-electron chi connectivity index (χ2n) is 5.53. The number of nitrogens with one attached hydrogen (secondary N) is 1. The molecular weight excluding hydrogens is 307 g/mol. The number of benzene rings is 2. The van der Waals surface area contributed by atoms with Gasteiger partial charge in [0.25, 0.3) is 0 Å². The molecule has 2 aromatic carbocycles. The third-order valence-corrected chi connectivity index (χ3v) is 4.05. The predicted molar refractivity (Wildman–Crippen MR) is 97.3 cm³/mol. The van der Waals surface area contributed by atoms with E-state index in [2.05, 4.69) is 5.32 Å². The zero-order valence-electron chi connectivity index (χ0n) is 13.0. The quantitative estimate of drug-likeness (QED) is 0.688. The van der Waals surface area contributed by atoms with E-state index >= 15 is 0 Å². The zero-order valence-corrected chi connectivity index (χ0v) is 13.8. The smallest absolute Gasteiger partial charge is 0.123 e. The van der Waals surface area contributed by atoms with Gasteiger partial charge in [-0.2, -0.15) is 0 Å². The van der Waals surface area contributed by atoms with Crippen molar-refractivity contribution in [1.29, 1.82) is 0 Å². The molecule has 0 spiro atoms. The molecule has 4 heteroatoms. The van der Waals surface area contributed by atoms with E-state index in [0.717, 1.165) is 27.9 Å². The highest BCUT2D eigenvalue weighted by Gasteiger charge is 2.10. The van der Waals surface area contributed by atoms with Crippen LogP contribution in [0.2, 0.25) is 0 Å². The first kappa shape index (κ1) is 15.4. The fraction of sp³-hybridized carbons (Fsp3) is 0.105. The molecule has 0 aliphatic rings. The van der Waals surface area contributed by atoms with Gasteiger partial charge in [0.05, 0.1) is 0 Å². The van der Waals surface area contributed by atoms with Gasteiger partial charge in [-0.1, -0.05) is 42.5 Å². The minimum Gasteiger partial charge on any atom is -0.356 e. The van der Waals surface area contributed by atoms with Gasteiger partial charge in [-0.05, 0) is 36.2 Å². The molecule has 116 valence electrons. The van der Waals surface area contributed by atoms with E-state index in [4.69, 9.17) is 12.2 Å². The summed E-state index contributed by atoms with van der Waals surface area (Å²) in [5.74, 6) is -0.241.